The molecule has 202 valence electrons. The van der Waals surface area contributed by atoms with E-state index in [1.807, 2.05) is 61.5 Å². The molecule has 5 atom stereocenters. The normalized spacial score (nSPS) is 23.2. The molecule has 0 radical (unpaired) electrons. The van der Waals surface area contributed by atoms with E-state index in [0.29, 0.717) is 32.2 Å². The van der Waals surface area contributed by atoms with Crippen LogP contribution in [-0.2, 0) is 43.5 Å². The molecule has 0 N–H and O–H groups in total. The molecular formula is C32H38O5S. The van der Waals surface area contributed by atoms with Gasteiger partial charge in [0.1, 0.15) is 23.7 Å². The zero-order valence-electron chi connectivity index (χ0n) is 22.2. The third kappa shape index (κ3) is 8.45. The summed E-state index contributed by atoms with van der Waals surface area (Å²) in [4.78, 5) is 0. The first-order valence-electron chi connectivity index (χ1n) is 13.2. The molecule has 0 aliphatic carbocycles. The minimum atomic E-state index is -0.409. The van der Waals surface area contributed by atoms with Gasteiger partial charge in [-0.3, -0.25) is 0 Å². The lowest BCUT2D eigenvalue weighted by molar-refractivity contribution is -0.246. The van der Waals surface area contributed by atoms with Crippen LogP contribution in [0.2, 0.25) is 0 Å². The Morgan fingerprint density at radius 1 is 0.737 bits per heavy atom. The molecular weight excluding hydrogens is 496 g/mol. The van der Waals surface area contributed by atoms with Crippen LogP contribution in [0.5, 0.6) is 0 Å². The van der Waals surface area contributed by atoms with Gasteiger partial charge in [0.2, 0.25) is 0 Å². The smallest absolute Gasteiger partial charge is 0.162 e. The van der Waals surface area contributed by atoms with Gasteiger partial charge < -0.3 is 23.7 Å². The second kappa shape index (κ2) is 15.1. The Morgan fingerprint density at radius 3 is 1.74 bits per heavy atom. The molecule has 1 aliphatic rings. The molecule has 0 saturated carbocycles. The molecule has 6 heteroatoms. The van der Waals surface area contributed by atoms with E-state index in [9.17, 15) is 0 Å². The molecule has 5 nitrogen and oxygen atoms in total. The van der Waals surface area contributed by atoms with Gasteiger partial charge in [-0.15, -0.1) is 11.8 Å². The lowest BCUT2D eigenvalue weighted by Gasteiger charge is -2.46. The summed E-state index contributed by atoms with van der Waals surface area (Å²) in [5.74, 6) is 1.49. The Kier molecular flexibility index (Phi) is 11.3. The van der Waals surface area contributed by atoms with Crippen molar-refractivity contribution in [3.8, 4) is 0 Å². The van der Waals surface area contributed by atoms with E-state index < -0.39 is 12.2 Å². The van der Waals surface area contributed by atoms with Gasteiger partial charge in [0.25, 0.3) is 0 Å². The molecule has 1 saturated heterocycles. The van der Waals surface area contributed by atoms with Crippen molar-refractivity contribution in [1.29, 1.82) is 0 Å². The highest BCUT2D eigenvalue weighted by atomic mass is 32.2. The van der Waals surface area contributed by atoms with Gasteiger partial charge in [0, 0.05) is 0 Å². The number of thioether (sulfide) groups is 1. The van der Waals surface area contributed by atoms with Gasteiger partial charge >= 0.3 is 0 Å². The van der Waals surface area contributed by atoms with Gasteiger partial charge in [-0.05, 0) is 29.4 Å². The molecule has 0 bridgehead atoms. The monoisotopic (exact) mass is 534 g/mol. The highest BCUT2D eigenvalue weighted by Gasteiger charge is 2.49. The van der Waals surface area contributed by atoms with Crippen molar-refractivity contribution in [2.75, 3.05) is 12.4 Å². The largest absolute Gasteiger partial charge is 0.489 e. The van der Waals surface area contributed by atoms with Gasteiger partial charge in [-0.25, -0.2) is 0 Å². The number of rotatable bonds is 14. The molecule has 38 heavy (non-hydrogen) atoms. The Morgan fingerprint density at radius 2 is 1.24 bits per heavy atom. The molecule has 4 rings (SSSR count). The van der Waals surface area contributed by atoms with Crippen LogP contribution >= 0.6 is 11.8 Å². The van der Waals surface area contributed by atoms with Crippen molar-refractivity contribution in [3.63, 3.8) is 0 Å². The van der Waals surface area contributed by atoms with Gasteiger partial charge in [-0.2, -0.15) is 0 Å². The molecule has 1 fully saturated rings. The molecule has 0 unspecified atom stereocenters. The van der Waals surface area contributed by atoms with Crippen LogP contribution < -0.4 is 0 Å². The van der Waals surface area contributed by atoms with Crippen molar-refractivity contribution >= 4 is 11.8 Å². The van der Waals surface area contributed by atoms with E-state index in [-0.39, 0.29) is 17.6 Å². The lowest BCUT2D eigenvalue weighted by atomic mass is 9.99. The second-order valence-electron chi connectivity index (χ2n) is 9.31. The van der Waals surface area contributed by atoms with Crippen LogP contribution in [0.4, 0.5) is 0 Å². The predicted molar refractivity (Wildman–Crippen MR) is 153 cm³/mol. The number of benzene rings is 3. The van der Waals surface area contributed by atoms with Crippen LogP contribution in [0, 0.1) is 0 Å². The van der Waals surface area contributed by atoms with Crippen LogP contribution in [0.15, 0.2) is 103 Å². The molecule has 0 aromatic heterocycles. The summed E-state index contributed by atoms with van der Waals surface area (Å²) in [5, 5.41) is 0. The molecule has 1 aliphatic heterocycles. The SMILES string of the molecule is C=C(C)O[C@H]1[C@@H](OCc2ccccc2)[C@H](OCc2ccccc2)[C@@H](COCc2ccccc2)O[C@@H]1SCC. The number of allylic oxidation sites excluding steroid dienone is 1. The standard InChI is InChI=1S/C32H38O5S/c1-4-38-32-31(36-24(2)3)30(35-22-27-18-12-7-13-19-27)29(34-21-26-16-10-6-11-17-26)28(37-32)23-33-20-25-14-8-5-9-15-25/h5-19,28-32H,2,4,20-23H2,1,3H3/t28-,29-,30+,31+,32-/m1/s1. The highest BCUT2D eigenvalue weighted by Crippen LogP contribution is 2.35. The summed E-state index contributed by atoms with van der Waals surface area (Å²) in [6.07, 6.45) is -1.52. The van der Waals surface area contributed by atoms with Gasteiger partial charge in [0.05, 0.1) is 32.2 Å². The molecule has 0 spiro atoms. The molecule has 3 aromatic rings. The summed E-state index contributed by atoms with van der Waals surface area (Å²) < 4.78 is 32.3. The maximum atomic E-state index is 6.63. The molecule has 0 amide bonds. The second-order valence-corrected chi connectivity index (χ2v) is 10.7. The first kappa shape index (κ1) is 28.4. The van der Waals surface area contributed by atoms with E-state index in [1.165, 1.54) is 0 Å². The Hall–Kier alpha value is -2.61. The quantitative estimate of drug-likeness (QED) is 0.213. The number of hydrogen-bond donors (Lipinski definition) is 0. The predicted octanol–water partition coefficient (Wildman–Crippen LogP) is 6.77. The van der Waals surface area contributed by atoms with Crippen LogP contribution in [0.25, 0.3) is 0 Å². The summed E-state index contributed by atoms with van der Waals surface area (Å²) in [7, 11) is 0. The molecule has 1 heterocycles. The topological polar surface area (TPSA) is 46.2 Å². The maximum Gasteiger partial charge on any atom is 0.162 e. The summed E-state index contributed by atoms with van der Waals surface area (Å²) in [6, 6.07) is 30.5. The first-order chi connectivity index (χ1) is 18.6. The number of ether oxygens (including phenoxy) is 5. The molecule has 3 aromatic carbocycles. The van der Waals surface area contributed by atoms with Crippen LogP contribution in [0.1, 0.15) is 30.5 Å². The third-order valence-electron chi connectivity index (χ3n) is 6.22. The lowest BCUT2D eigenvalue weighted by Crippen LogP contribution is -2.60. The first-order valence-corrected chi connectivity index (χ1v) is 14.2. The third-order valence-corrected chi connectivity index (χ3v) is 7.26. The summed E-state index contributed by atoms with van der Waals surface area (Å²) in [6.45, 7) is 9.73. The van der Waals surface area contributed by atoms with E-state index >= 15 is 0 Å². The van der Waals surface area contributed by atoms with Crippen molar-refractivity contribution in [2.45, 2.75) is 63.5 Å². The van der Waals surface area contributed by atoms with E-state index in [2.05, 4.69) is 49.9 Å². The average Bonchev–Trinajstić information content (AvgIpc) is 2.94. The van der Waals surface area contributed by atoms with Crippen LogP contribution in [0.3, 0.4) is 0 Å². The Bertz CT molecular complexity index is 1080. The van der Waals surface area contributed by atoms with Crippen molar-refractivity contribution < 1.29 is 23.7 Å². The fraction of sp³-hybridized carbons (Fsp3) is 0.375. The minimum Gasteiger partial charge on any atom is -0.489 e. The average molecular weight is 535 g/mol. The van der Waals surface area contributed by atoms with Gasteiger partial charge in [-0.1, -0.05) is 104 Å². The van der Waals surface area contributed by atoms with Crippen molar-refractivity contribution in [1.82, 2.24) is 0 Å². The van der Waals surface area contributed by atoms with E-state index in [0.717, 1.165) is 22.4 Å². The van der Waals surface area contributed by atoms with Crippen molar-refractivity contribution in [3.05, 3.63) is 120 Å². The Balaban J connectivity index is 1.58. The maximum absolute atomic E-state index is 6.63. The van der Waals surface area contributed by atoms with Gasteiger partial charge in [0.15, 0.2) is 6.10 Å². The Labute approximate surface area is 231 Å². The zero-order valence-corrected chi connectivity index (χ0v) is 23.1. The van der Waals surface area contributed by atoms with Crippen LogP contribution in [-0.4, -0.2) is 42.2 Å². The van der Waals surface area contributed by atoms with E-state index in [4.69, 9.17) is 23.7 Å². The summed E-state index contributed by atoms with van der Waals surface area (Å²) >= 11 is 1.70. The minimum absolute atomic E-state index is 0.251. The van der Waals surface area contributed by atoms with E-state index in [1.54, 1.807) is 11.8 Å². The summed E-state index contributed by atoms with van der Waals surface area (Å²) in [5.41, 5.74) is 3.04. The fourth-order valence-electron chi connectivity index (χ4n) is 4.46. The highest BCUT2D eigenvalue weighted by molar-refractivity contribution is 7.99. The number of hydrogen-bond acceptors (Lipinski definition) is 6. The fourth-order valence-corrected chi connectivity index (χ4v) is 5.41. The van der Waals surface area contributed by atoms with Crippen molar-refractivity contribution in [2.24, 2.45) is 0 Å². The zero-order chi connectivity index (χ0) is 26.6.